The molecule has 0 bridgehead atoms. The highest BCUT2D eigenvalue weighted by atomic mass is 35.5. The van der Waals surface area contributed by atoms with Crippen molar-refractivity contribution in [3.05, 3.63) is 60.4 Å². The molecule has 5 heteroatoms. The Kier molecular flexibility index (Phi) is 5.33. The maximum Gasteiger partial charge on any atom is 0.323 e. The molecule has 2 aromatic carbocycles. The summed E-state index contributed by atoms with van der Waals surface area (Å²) in [6.07, 6.45) is 0. The molecule has 2 aromatic rings. The fraction of sp³-hybridized carbons (Fsp3) is 0.0714. The number of hydrogen-bond donors (Lipinski definition) is 1. The van der Waals surface area contributed by atoms with Crippen molar-refractivity contribution in [1.29, 1.82) is 0 Å². The van der Waals surface area contributed by atoms with Crippen molar-refractivity contribution in [2.45, 2.75) is 0 Å². The Balaban J connectivity index is 0.00000180. The fourth-order valence-electron chi connectivity index (χ4n) is 1.72. The molecule has 19 heavy (non-hydrogen) atoms. The van der Waals surface area contributed by atoms with Gasteiger partial charge in [-0.25, -0.2) is 4.39 Å². The third kappa shape index (κ3) is 3.96. The van der Waals surface area contributed by atoms with Crippen LogP contribution in [-0.4, -0.2) is 17.6 Å². The Bertz CT molecular complexity index is 548. The van der Waals surface area contributed by atoms with Crippen molar-refractivity contribution in [3.63, 3.8) is 0 Å². The van der Waals surface area contributed by atoms with Gasteiger partial charge >= 0.3 is 5.97 Å². The average Bonchev–Trinajstić information content (AvgIpc) is 2.37. The van der Waals surface area contributed by atoms with Crippen LogP contribution in [0.2, 0.25) is 0 Å². The lowest BCUT2D eigenvalue weighted by Crippen LogP contribution is -2.24. The summed E-state index contributed by atoms with van der Waals surface area (Å²) in [5.41, 5.74) is 1.23. The SMILES string of the molecule is Cl.O=C(O)CN(c1ccccc1)c1cccc(F)c1. The summed E-state index contributed by atoms with van der Waals surface area (Å²) in [6, 6.07) is 14.9. The van der Waals surface area contributed by atoms with Gasteiger partial charge in [-0.1, -0.05) is 24.3 Å². The second kappa shape index (κ2) is 6.75. The number of hydrogen-bond acceptors (Lipinski definition) is 2. The van der Waals surface area contributed by atoms with Crippen LogP contribution in [0.15, 0.2) is 54.6 Å². The molecule has 0 heterocycles. The molecular weight excluding hydrogens is 269 g/mol. The molecule has 0 unspecified atom stereocenters. The molecule has 0 spiro atoms. The zero-order valence-corrected chi connectivity index (χ0v) is 10.8. The van der Waals surface area contributed by atoms with Crippen LogP contribution in [0.3, 0.4) is 0 Å². The number of anilines is 2. The molecule has 0 saturated heterocycles. The zero-order chi connectivity index (χ0) is 13.0. The number of carboxylic acids is 1. The van der Waals surface area contributed by atoms with E-state index in [0.717, 1.165) is 0 Å². The van der Waals surface area contributed by atoms with Gasteiger partial charge in [0.05, 0.1) is 0 Å². The van der Waals surface area contributed by atoms with Crippen molar-refractivity contribution in [1.82, 2.24) is 0 Å². The van der Waals surface area contributed by atoms with Gasteiger partial charge in [0.25, 0.3) is 0 Å². The summed E-state index contributed by atoms with van der Waals surface area (Å²) in [4.78, 5) is 12.5. The van der Waals surface area contributed by atoms with Crippen LogP contribution in [0.25, 0.3) is 0 Å². The Morgan fingerprint density at radius 1 is 1.05 bits per heavy atom. The quantitative estimate of drug-likeness (QED) is 0.933. The number of aliphatic carboxylic acids is 1. The molecule has 0 fully saturated rings. The van der Waals surface area contributed by atoms with E-state index in [0.29, 0.717) is 11.4 Å². The predicted molar refractivity (Wildman–Crippen MR) is 74.7 cm³/mol. The van der Waals surface area contributed by atoms with Crippen molar-refractivity contribution in [2.75, 3.05) is 11.4 Å². The van der Waals surface area contributed by atoms with E-state index in [9.17, 15) is 9.18 Å². The third-order valence-corrected chi connectivity index (χ3v) is 2.48. The van der Waals surface area contributed by atoms with Crippen LogP contribution >= 0.6 is 12.4 Å². The largest absolute Gasteiger partial charge is 0.480 e. The van der Waals surface area contributed by atoms with Crippen LogP contribution < -0.4 is 4.90 Å². The van der Waals surface area contributed by atoms with E-state index in [1.54, 1.807) is 29.2 Å². The Morgan fingerprint density at radius 2 is 1.68 bits per heavy atom. The van der Waals surface area contributed by atoms with Crippen molar-refractivity contribution in [2.24, 2.45) is 0 Å². The number of halogens is 2. The summed E-state index contributed by atoms with van der Waals surface area (Å²) in [5.74, 6) is -1.36. The lowest BCUT2D eigenvalue weighted by molar-refractivity contribution is -0.135. The standard InChI is InChI=1S/C14H12FNO2.ClH/c15-11-5-4-8-13(9-11)16(10-14(17)18)12-6-2-1-3-7-12;/h1-9H,10H2,(H,17,18);1H. The van der Waals surface area contributed by atoms with E-state index in [1.807, 2.05) is 18.2 Å². The first-order chi connectivity index (χ1) is 8.66. The lowest BCUT2D eigenvalue weighted by Gasteiger charge is -2.22. The smallest absolute Gasteiger partial charge is 0.323 e. The van der Waals surface area contributed by atoms with E-state index >= 15 is 0 Å². The van der Waals surface area contributed by atoms with Gasteiger partial charge in [0.1, 0.15) is 12.4 Å². The first-order valence-corrected chi connectivity index (χ1v) is 5.47. The van der Waals surface area contributed by atoms with E-state index < -0.39 is 5.97 Å². The second-order valence-electron chi connectivity index (χ2n) is 3.80. The van der Waals surface area contributed by atoms with Gasteiger partial charge in [-0.05, 0) is 30.3 Å². The summed E-state index contributed by atoms with van der Waals surface area (Å²) < 4.78 is 13.2. The molecule has 3 nitrogen and oxygen atoms in total. The molecule has 0 aliphatic carbocycles. The van der Waals surface area contributed by atoms with Gasteiger partial charge in [0, 0.05) is 11.4 Å². The molecule has 1 N–H and O–H groups in total. The highest BCUT2D eigenvalue weighted by Gasteiger charge is 2.13. The van der Waals surface area contributed by atoms with Gasteiger partial charge in [0.15, 0.2) is 0 Å². The highest BCUT2D eigenvalue weighted by Crippen LogP contribution is 2.25. The minimum atomic E-state index is -0.969. The van der Waals surface area contributed by atoms with E-state index in [4.69, 9.17) is 5.11 Å². The second-order valence-corrected chi connectivity index (χ2v) is 3.80. The number of para-hydroxylation sites is 1. The van der Waals surface area contributed by atoms with E-state index in [2.05, 4.69) is 0 Å². The molecular formula is C14H13ClFNO2. The lowest BCUT2D eigenvalue weighted by atomic mass is 10.2. The summed E-state index contributed by atoms with van der Waals surface area (Å²) >= 11 is 0. The number of nitrogens with zero attached hydrogens (tertiary/aromatic N) is 1. The zero-order valence-electron chi connectivity index (χ0n) is 9.99. The van der Waals surface area contributed by atoms with Crippen LogP contribution in [0.5, 0.6) is 0 Å². The molecule has 0 aromatic heterocycles. The predicted octanol–water partition coefficient (Wildman–Crippen LogP) is 3.47. The Labute approximate surface area is 116 Å². The van der Waals surface area contributed by atoms with Crippen LogP contribution in [0.4, 0.5) is 15.8 Å². The topological polar surface area (TPSA) is 40.5 Å². The molecule has 0 aliphatic heterocycles. The van der Waals surface area contributed by atoms with Gasteiger partial charge < -0.3 is 10.0 Å². The fourth-order valence-corrected chi connectivity index (χ4v) is 1.72. The maximum absolute atomic E-state index is 13.2. The van der Waals surface area contributed by atoms with Gasteiger partial charge in [-0.3, -0.25) is 4.79 Å². The Morgan fingerprint density at radius 3 is 2.26 bits per heavy atom. The number of carboxylic acid groups (broad SMARTS) is 1. The summed E-state index contributed by atoms with van der Waals surface area (Å²) in [7, 11) is 0. The first-order valence-electron chi connectivity index (χ1n) is 5.47. The number of rotatable bonds is 4. The van der Waals surface area contributed by atoms with E-state index in [1.165, 1.54) is 12.1 Å². The molecule has 2 rings (SSSR count). The molecule has 0 atom stereocenters. The number of benzene rings is 2. The monoisotopic (exact) mass is 281 g/mol. The minimum Gasteiger partial charge on any atom is -0.480 e. The maximum atomic E-state index is 13.2. The number of carbonyl (C=O) groups is 1. The molecule has 0 amide bonds. The highest BCUT2D eigenvalue weighted by molar-refractivity contribution is 5.85. The molecule has 0 aliphatic rings. The van der Waals surface area contributed by atoms with Crippen LogP contribution in [-0.2, 0) is 4.79 Å². The van der Waals surface area contributed by atoms with Gasteiger partial charge in [0.2, 0.25) is 0 Å². The first kappa shape index (κ1) is 15.0. The Hall–Kier alpha value is -2.07. The van der Waals surface area contributed by atoms with Crippen molar-refractivity contribution in [3.8, 4) is 0 Å². The van der Waals surface area contributed by atoms with Crippen molar-refractivity contribution < 1.29 is 14.3 Å². The minimum absolute atomic E-state index is 0. The third-order valence-electron chi connectivity index (χ3n) is 2.48. The normalized spacial score (nSPS) is 9.53. The van der Waals surface area contributed by atoms with Crippen molar-refractivity contribution >= 4 is 29.8 Å². The van der Waals surface area contributed by atoms with Crippen LogP contribution in [0, 0.1) is 5.82 Å². The van der Waals surface area contributed by atoms with Gasteiger partial charge in [-0.15, -0.1) is 12.4 Å². The van der Waals surface area contributed by atoms with Gasteiger partial charge in [-0.2, -0.15) is 0 Å². The molecule has 0 saturated carbocycles. The van der Waals surface area contributed by atoms with E-state index in [-0.39, 0.29) is 24.8 Å². The average molecular weight is 282 g/mol. The molecule has 100 valence electrons. The summed E-state index contributed by atoms with van der Waals surface area (Å²) in [5, 5.41) is 8.94. The van der Waals surface area contributed by atoms with Crippen LogP contribution in [0.1, 0.15) is 0 Å². The molecule has 0 radical (unpaired) electrons. The summed E-state index contributed by atoms with van der Waals surface area (Å²) in [6.45, 7) is -0.215.